The lowest BCUT2D eigenvalue weighted by atomic mass is 10.1. The van der Waals surface area contributed by atoms with Gasteiger partial charge in [0.2, 0.25) is 5.96 Å². The van der Waals surface area contributed by atoms with Gasteiger partial charge in [-0.15, -0.1) is 17.5 Å². The van der Waals surface area contributed by atoms with Crippen LogP contribution in [0, 0.1) is 0 Å². The summed E-state index contributed by atoms with van der Waals surface area (Å²) in [6.45, 7) is 0. The summed E-state index contributed by atoms with van der Waals surface area (Å²) >= 11 is 0. The van der Waals surface area contributed by atoms with E-state index in [9.17, 15) is 0 Å². The van der Waals surface area contributed by atoms with Crippen molar-refractivity contribution in [2.45, 2.75) is 0 Å². The van der Waals surface area contributed by atoms with Gasteiger partial charge in [-0.05, 0) is 22.4 Å². The Morgan fingerprint density at radius 1 is 1.00 bits per heavy atom. The van der Waals surface area contributed by atoms with Gasteiger partial charge in [0.05, 0.1) is 6.21 Å². The fourth-order valence-electron chi connectivity index (χ4n) is 1.45. The van der Waals surface area contributed by atoms with E-state index in [2.05, 4.69) is 16.3 Å². The number of rotatable bonds is 2. The SMILES string of the molecule is Cl.NC(N)=N/N=C\c1ccc2ccccc2c1. The zero-order valence-corrected chi connectivity index (χ0v) is 9.89. The van der Waals surface area contributed by atoms with Crippen LogP contribution < -0.4 is 11.5 Å². The van der Waals surface area contributed by atoms with E-state index < -0.39 is 0 Å². The number of fused-ring (bicyclic) bond motifs is 1. The van der Waals surface area contributed by atoms with Crippen molar-refractivity contribution in [3.8, 4) is 0 Å². The van der Waals surface area contributed by atoms with Crippen LogP contribution in [-0.2, 0) is 0 Å². The molecule has 0 heterocycles. The summed E-state index contributed by atoms with van der Waals surface area (Å²) in [6.07, 6.45) is 1.62. The van der Waals surface area contributed by atoms with Crippen molar-refractivity contribution in [3.05, 3.63) is 48.0 Å². The molecular formula is C12H13ClN4. The molecule has 0 radical (unpaired) electrons. The third-order valence-corrected chi connectivity index (χ3v) is 2.15. The molecule has 0 spiro atoms. The van der Waals surface area contributed by atoms with Gasteiger partial charge in [-0.25, -0.2) is 0 Å². The van der Waals surface area contributed by atoms with Crippen LogP contribution in [0.25, 0.3) is 10.8 Å². The number of hydrogen-bond donors (Lipinski definition) is 2. The number of benzene rings is 2. The predicted octanol–water partition coefficient (Wildman–Crippen LogP) is 1.87. The van der Waals surface area contributed by atoms with Crippen molar-refractivity contribution >= 4 is 35.4 Å². The number of guanidine groups is 1. The van der Waals surface area contributed by atoms with Crippen LogP contribution in [0.5, 0.6) is 0 Å². The van der Waals surface area contributed by atoms with Gasteiger partial charge in [-0.3, -0.25) is 0 Å². The molecule has 0 atom stereocenters. The molecule has 0 unspecified atom stereocenters. The van der Waals surface area contributed by atoms with Gasteiger partial charge in [0, 0.05) is 0 Å². The standard InChI is InChI=1S/C12H12N4.ClH/c13-12(14)16-15-8-9-5-6-10-3-1-2-4-11(10)7-9;/h1-8H,(H4,13,14,16);1H/b15-8-;. The molecule has 4 nitrogen and oxygen atoms in total. The number of nitrogens with zero attached hydrogens (tertiary/aromatic N) is 2. The highest BCUT2D eigenvalue weighted by molar-refractivity contribution is 5.90. The van der Waals surface area contributed by atoms with E-state index in [4.69, 9.17) is 11.5 Å². The molecule has 0 aliphatic rings. The van der Waals surface area contributed by atoms with Crippen LogP contribution in [0.4, 0.5) is 0 Å². The molecule has 0 aromatic heterocycles. The van der Waals surface area contributed by atoms with Gasteiger partial charge in [0.15, 0.2) is 0 Å². The molecular weight excluding hydrogens is 236 g/mol. The molecule has 2 aromatic rings. The Morgan fingerprint density at radius 3 is 2.41 bits per heavy atom. The molecule has 0 amide bonds. The number of hydrogen-bond acceptors (Lipinski definition) is 2. The maximum absolute atomic E-state index is 5.16. The predicted molar refractivity (Wildman–Crippen MR) is 74.6 cm³/mol. The van der Waals surface area contributed by atoms with E-state index in [-0.39, 0.29) is 18.4 Å². The van der Waals surface area contributed by atoms with Gasteiger partial charge < -0.3 is 11.5 Å². The molecule has 0 saturated heterocycles. The highest BCUT2D eigenvalue weighted by Crippen LogP contribution is 2.14. The summed E-state index contributed by atoms with van der Waals surface area (Å²) < 4.78 is 0. The summed E-state index contributed by atoms with van der Waals surface area (Å²) in [5, 5.41) is 9.66. The first kappa shape index (κ1) is 13.0. The molecule has 88 valence electrons. The minimum atomic E-state index is -0.0444. The molecule has 17 heavy (non-hydrogen) atoms. The molecule has 2 rings (SSSR count). The Kier molecular flexibility index (Phi) is 4.48. The normalized spacial score (nSPS) is 10.1. The van der Waals surface area contributed by atoms with Crippen LogP contribution in [0.15, 0.2) is 52.7 Å². The molecule has 2 aromatic carbocycles. The highest BCUT2D eigenvalue weighted by Gasteiger charge is 1.92. The quantitative estimate of drug-likeness (QED) is 0.484. The van der Waals surface area contributed by atoms with Crippen LogP contribution in [0.1, 0.15) is 5.56 Å². The maximum Gasteiger partial charge on any atom is 0.211 e. The van der Waals surface area contributed by atoms with Crippen LogP contribution in [-0.4, -0.2) is 12.2 Å². The Morgan fingerprint density at radius 2 is 1.71 bits per heavy atom. The van der Waals surface area contributed by atoms with Crippen LogP contribution in [0.3, 0.4) is 0 Å². The Bertz CT molecular complexity index is 559. The van der Waals surface area contributed by atoms with Crippen molar-refractivity contribution < 1.29 is 0 Å². The van der Waals surface area contributed by atoms with Gasteiger partial charge in [0.25, 0.3) is 0 Å². The van der Waals surface area contributed by atoms with E-state index in [1.807, 2.05) is 36.4 Å². The van der Waals surface area contributed by atoms with Gasteiger partial charge in [-0.1, -0.05) is 36.4 Å². The van der Waals surface area contributed by atoms with E-state index in [1.54, 1.807) is 6.21 Å². The fourth-order valence-corrected chi connectivity index (χ4v) is 1.45. The Hall–Kier alpha value is -2.07. The van der Waals surface area contributed by atoms with Gasteiger partial charge >= 0.3 is 0 Å². The first-order valence-corrected chi connectivity index (χ1v) is 4.86. The average Bonchev–Trinajstić information content (AvgIpc) is 2.28. The third-order valence-electron chi connectivity index (χ3n) is 2.15. The highest BCUT2D eigenvalue weighted by atomic mass is 35.5. The number of nitrogens with two attached hydrogens (primary N) is 2. The second kappa shape index (κ2) is 5.86. The van der Waals surface area contributed by atoms with E-state index in [0.29, 0.717) is 0 Å². The molecule has 0 fully saturated rings. The summed E-state index contributed by atoms with van der Waals surface area (Å²) in [4.78, 5) is 0. The first-order chi connectivity index (χ1) is 7.75. The molecule has 5 heteroatoms. The van der Waals surface area contributed by atoms with Gasteiger partial charge in [0.1, 0.15) is 0 Å². The zero-order chi connectivity index (χ0) is 11.4. The van der Waals surface area contributed by atoms with E-state index >= 15 is 0 Å². The van der Waals surface area contributed by atoms with E-state index in [1.165, 1.54) is 5.39 Å². The summed E-state index contributed by atoms with van der Waals surface area (Å²) in [5.41, 5.74) is 11.3. The fraction of sp³-hybridized carbons (Fsp3) is 0. The maximum atomic E-state index is 5.16. The van der Waals surface area contributed by atoms with Crippen molar-refractivity contribution in [1.82, 2.24) is 0 Å². The molecule has 0 bridgehead atoms. The second-order valence-electron chi connectivity index (χ2n) is 3.38. The summed E-state index contributed by atoms with van der Waals surface area (Å²) in [6, 6.07) is 14.1. The largest absolute Gasteiger partial charge is 0.369 e. The molecule has 0 saturated carbocycles. The van der Waals surface area contributed by atoms with Crippen LogP contribution >= 0.6 is 12.4 Å². The number of halogens is 1. The minimum absolute atomic E-state index is 0. The Labute approximate surface area is 105 Å². The molecule has 0 aliphatic heterocycles. The second-order valence-corrected chi connectivity index (χ2v) is 3.38. The molecule has 4 N–H and O–H groups in total. The van der Waals surface area contributed by atoms with Gasteiger partial charge in [-0.2, -0.15) is 5.10 Å². The van der Waals surface area contributed by atoms with Crippen molar-refractivity contribution in [3.63, 3.8) is 0 Å². The average molecular weight is 249 g/mol. The topological polar surface area (TPSA) is 76.8 Å². The van der Waals surface area contributed by atoms with Crippen molar-refractivity contribution in [1.29, 1.82) is 0 Å². The summed E-state index contributed by atoms with van der Waals surface area (Å²) in [7, 11) is 0. The lowest BCUT2D eigenvalue weighted by Gasteiger charge is -1.97. The van der Waals surface area contributed by atoms with Crippen LogP contribution in [0.2, 0.25) is 0 Å². The minimum Gasteiger partial charge on any atom is -0.369 e. The third kappa shape index (κ3) is 3.46. The van der Waals surface area contributed by atoms with Crippen molar-refractivity contribution in [2.24, 2.45) is 21.7 Å². The Balaban J connectivity index is 0.00000144. The molecule has 0 aliphatic carbocycles. The lowest BCUT2D eigenvalue weighted by Crippen LogP contribution is -2.21. The summed E-state index contributed by atoms with van der Waals surface area (Å²) in [5.74, 6) is -0.0444. The van der Waals surface area contributed by atoms with E-state index in [0.717, 1.165) is 10.9 Å². The monoisotopic (exact) mass is 248 g/mol. The lowest BCUT2D eigenvalue weighted by molar-refractivity contribution is 1.22. The van der Waals surface area contributed by atoms with Crippen molar-refractivity contribution in [2.75, 3.05) is 0 Å². The zero-order valence-electron chi connectivity index (χ0n) is 9.08. The smallest absolute Gasteiger partial charge is 0.211 e. The first-order valence-electron chi connectivity index (χ1n) is 4.86.